The number of nitrogens with one attached hydrogen (secondary N) is 2. The Labute approximate surface area is 228 Å². The first-order chi connectivity index (χ1) is 18.6. The van der Waals surface area contributed by atoms with Crippen molar-refractivity contribution >= 4 is 17.6 Å². The zero-order valence-corrected chi connectivity index (χ0v) is 23.4. The Bertz CT molecular complexity index is 1040. The van der Waals surface area contributed by atoms with Crippen LogP contribution >= 0.6 is 0 Å². The van der Waals surface area contributed by atoms with E-state index < -0.39 is 54.4 Å². The third-order valence-electron chi connectivity index (χ3n) is 7.26. The van der Waals surface area contributed by atoms with Gasteiger partial charge in [-0.3, -0.25) is 14.4 Å². The summed E-state index contributed by atoms with van der Waals surface area (Å²) in [5.41, 5.74) is 0.289. The zero-order chi connectivity index (χ0) is 28.9. The van der Waals surface area contributed by atoms with Gasteiger partial charge in [0.1, 0.15) is 6.04 Å². The maximum atomic E-state index is 13.3. The number of rotatable bonds is 14. The number of hydrogen-bond donors (Lipinski definition) is 4. The van der Waals surface area contributed by atoms with E-state index in [-0.39, 0.29) is 18.9 Å². The third-order valence-corrected chi connectivity index (χ3v) is 7.26. The number of ether oxygens (including phenoxy) is 5. The standard InChI is InChI=1S/C27H40N2O10/c1-14(2)9-18(24(32)27(12-31)13-39-27)28-26(34)19(11-30)29-25(33)15-7-8-16-17(10-15)21(36-4)23(38-6)22(37-5)20(16)35-3/h14-15,18-19,30-31H,7-13H2,1-6H3,(H,28,34)(H,29,33)/t15-,18+,19+,27-/m1/s1. The van der Waals surface area contributed by atoms with Crippen LogP contribution in [-0.4, -0.2) is 93.8 Å². The molecule has 1 heterocycles. The number of hydrogen-bond acceptors (Lipinski definition) is 10. The molecular weight excluding hydrogens is 512 g/mol. The van der Waals surface area contributed by atoms with Crippen LogP contribution in [0, 0.1) is 11.8 Å². The van der Waals surface area contributed by atoms with Crippen molar-refractivity contribution < 1.29 is 48.3 Å². The summed E-state index contributed by atoms with van der Waals surface area (Å²) in [6.07, 6.45) is 1.54. The predicted octanol–water partition coefficient (Wildman–Crippen LogP) is 0.164. The van der Waals surface area contributed by atoms with Gasteiger partial charge in [-0.2, -0.15) is 0 Å². The molecule has 1 aromatic carbocycles. The monoisotopic (exact) mass is 552 g/mol. The van der Waals surface area contributed by atoms with Crippen LogP contribution in [0.4, 0.5) is 0 Å². The number of epoxide rings is 1. The SMILES string of the molecule is COc1c2c(c(OC)c(OC)c1OC)C[C@H](C(=O)N[C@@H](CO)C(=O)N[C@@H](CC(C)C)C(=O)[C@@]1(CO)CO1)CC2. The molecule has 0 saturated carbocycles. The summed E-state index contributed by atoms with van der Waals surface area (Å²) in [7, 11) is 6.02. The summed E-state index contributed by atoms with van der Waals surface area (Å²) in [5.74, 6) is -0.305. The van der Waals surface area contributed by atoms with Gasteiger partial charge in [0.25, 0.3) is 0 Å². The Morgan fingerprint density at radius 1 is 0.923 bits per heavy atom. The first-order valence-electron chi connectivity index (χ1n) is 13.0. The van der Waals surface area contributed by atoms with Crippen molar-refractivity contribution in [3.8, 4) is 23.0 Å². The van der Waals surface area contributed by atoms with E-state index in [1.165, 1.54) is 28.4 Å². The summed E-state index contributed by atoms with van der Waals surface area (Å²) >= 11 is 0. The highest BCUT2D eigenvalue weighted by atomic mass is 16.6. The first-order valence-corrected chi connectivity index (χ1v) is 13.0. The molecule has 12 nitrogen and oxygen atoms in total. The Morgan fingerprint density at radius 3 is 1.95 bits per heavy atom. The molecule has 218 valence electrons. The molecule has 4 N–H and O–H groups in total. The summed E-state index contributed by atoms with van der Waals surface area (Å²) in [6.45, 7) is 2.73. The van der Waals surface area contributed by atoms with Gasteiger partial charge < -0.3 is 44.5 Å². The van der Waals surface area contributed by atoms with Crippen LogP contribution in [0.15, 0.2) is 0 Å². The highest BCUT2D eigenvalue weighted by molar-refractivity contribution is 5.98. The molecule has 12 heteroatoms. The third kappa shape index (κ3) is 6.23. The van der Waals surface area contributed by atoms with E-state index in [4.69, 9.17) is 23.7 Å². The van der Waals surface area contributed by atoms with Gasteiger partial charge in [0, 0.05) is 17.0 Å². The predicted molar refractivity (Wildman–Crippen MR) is 139 cm³/mol. The topological polar surface area (TPSA) is 165 Å². The van der Waals surface area contributed by atoms with Crippen molar-refractivity contribution in [2.24, 2.45) is 11.8 Å². The Balaban J connectivity index is 1.77. The molecule has 0 spiro atoms. The highest BCUT2D eigenvalue weighted by Gasteiger charge is 2.54. The lowest BCUT2D eigenvalue weighted by molar-refractivity contribution is -0.135. The Morgan fingerprint density at radius 2 is 1.49 bits per heavy atom. The van der Waals surface area contributed by atoms with Gasteiger partial charge in [0.05, 0.1) is 54.3 Å². The minimum absolute atomic E-state index is 0.0563. The number of ketones is 1. The second kappa shape index (κ2) is 12.8. The normalized spacial score (nSPS) is 21.3. The Kier molecular flexibility index (Phi) is 10.0. The largest absolute Gasteiger partial charge is 0.492 e. The number of carbonyl (C=O) groups is 3. The second-order valence-electron chi connectivity index (χ2n) is 10.3. The fourth-order valence-corrected chi connectivity index (χ4v) is 5.10. The van der Waals surface area contributed by atoms with Crippen LogP contribution in [0.5, 0.6) is 23.0 Å². The first kappa shape index (κ1) is 30.5. The molecule has 1 fully saturated rings. The number of carbonyl (C=O) groups excluding carboxylic acids is 3. The van der Waals surface area contributed by atoms with E-state index in [0.717, 1.165) is 11.1 Å². The molecule has 1 aromatic rings. The minimum Gasteiger partial charge on any atom is -0.492 e. The van der Waals surface area contributed by atoms with E-state index >= 15 is 0 Å². The van der Waals surface area contributed by atoms with Gasteiger partial charge in [-0.15, -0.1) is 0 Å². The zero-order valence-electron chi connectivity index (χ0n) is 23.4. The van der Waals surface area contributed by atoms with Crippen LogP contribution < -0.4 is 29.6 Å². The molecule has 0 bridgehead atoms. The number of methoxy groups -OCH3 is 4. The molecule has 1 saturated heterocycles. The smallest absolute Gasteiger partial charge is 0.245 e. The molecule has 4 atom stereocenters. The fraction of sp³-hybridized carbons (Fsp3) is 0.667. The molecule has 1 aliphatic carbocycles. The van der Waals surface area contributed by atoms with E-state index in [2.05, 4.69) is 10.6 Å². The molecule has 1 aliphatic heterocycles. The summed E-state index contributed by atoms with van der Waals surface area (Å²) < 4.78 is 27.4. The van der Waals surface area contributed by atoms with Crippen LogP contribution in [0.25, 0.3) is 0 Å². The van der Waals surface area contributed by atoms with Crippen LogP contribution in [0.3, 0.4) is 0 Å². The molecule has 3 rings (SSSR count). The summed E-state index contributed by atoms with van der Waals surface area (Å²) in [6, 6.07) is -2.20. The van der Waals surface area contributed by atoms with Crippen molar-refractivity contribution in [1.29, 1.82) is 0 Å². The van der Waals surface area contributed by atoms with E-state index in [9.17, 15) is 24.6 Å². The maximum Gasteiger partial charge on any atom is 0.245 e. The van der Waals surface area contributed by atoms with Gasteiger partial charge in [-0.05, 0) is 31.6 Å². The lowest BCUT2D eigenvalue weighted by atomic mass is 9.81. The van der Waals surface area contributed by atoms with Gasteiger partial charge in [-0.25, -0.2) is 0 Å². The number of benzene rings is 1. The average molecular weight is 553 g/mol. The summed E-state index contributed by atoms with van der Waals surface area (Å²) in [4.78, 5) is 39.3. The van der Waals surface area contributed by atoms with Crippen molar-refractivity contribution in [1.82, 2.24) is 10.6 Å². The van der Waals surface area contributed by atoms with Crippen molar-refractivity contribution in [2.75, 3.05) is 48.3 Å². The van der Waals surface area contributed by atoms with Crippen LogP contribution in [0.1, 0.15) is 37.8 Å². The van der Waals surface area contributed by atoms with Gasteiger partial charge >= 0.3 is 0 Å². The molecule has 0 aromatic heterocycles. The second-order valence-corrected chi connectivity index (χ2v) is 10.3. The average Bonchev–Trinajstić information content (AvgIpc) is 3.74. The van der Waals surface area contributed by atoms with Gasteiger partial charge in [0.2, 0.25) is 23.3 Å². The molecule has 39 heavy (non-hydrogen) atoms. The number of aliphatic hydroxyl groups excluding tert-OH is 2. The number of amides is 2. The number of Topliss-reactive ketones (excluding diaryl/α,β-unsaturated/α-hetero) is 1. The molecule has 0 unspecified atom stereocenters. The van der Waals surface area contributed by atoms with Crippen molar-refractivity contribution in [3.05, 3.63) is 11.1 Å². The van der Waals surface area contributed by atoms with Crippen molar-refractivity contribution in [2.45, 2.75) is 57.2 Å². The fourth-order valence-electron chi connectivity index (χ4n) is 5.10. The van der Waals surface area contributed by atoms with Crippen LogP contribution in [-0.2, 0) is 32.0 Å². The van der Waals surface area contributed by atoms with Crippen LogP contribution in [0.2, 0.25) is 0 Å². The minimum atomic E-state index is -1.30. The highest BCUT2D eigenvalue weighted by Crippen LogP contribution is 2.52. The summed E-state index contributed by atoms with van der Waals surface area (Å²) in [5, 5.41) is 24.8. The van der Waals surface area contributed by atoms with E-state index in [1.807, 2.05) is 13.8 Å². The molecule has 0 radical (unpaired) electrons. The molecule has 2 amide bonds. The quantitative estimate of drug-likeness (QED) is 0.234. The lowest BCUT2D eigenvalue weighted by Gasteiger charge is -2.30. The Hall–Kier alpha value is -3.09. The molecule has 2 aliphatic rings. The maximum absolute atomic E-state index is 13.3. The number of fused-ring (bicyclic) bond motifs is 1. The van der Waals surface area contributed by atoms with Gasteiger partial charge in [0.15, 0.2) is 22.9 Å². The lowest BCUT2D eigenvalue weighted by Crippen LogP contribution is -2.56. The van der Waals surface area contributed by atoms with Gasteiger partial charge in [-0.1, -0.05) is 13.8 Å². The van der Waals surface area contributed by atoms with E-state index in [1.54, 1.807) is 0 Å². The number of aliphatic hydroxyl groups is 2. The van der Waals surface area contributed by atoms with Crippen molar-refractivity contribution in [3.63, 3.8) is 0 Å². The molecular formula is C27H40N2O10. The van der Waals surface area contributed by atoms with E-state index in [0.29, 0.717) is 42.3 Å².